The Kier molecular flexibility index (Phi) is 4.04. The molecular formula is C16H12F3N3S. The minimum absolute atomic E-state index is 0.314. The van der Waals surface area contributed by atoms with Gasteiger partial charge in [0.2, 0.25) is 0 Å². The molecule has 1 heterocycles. The smallest absolute Gasteiger partial charge is 0.381 e. The number of benzene rings is 2. The second kappa shape index (κ2) is 6.00. The summed E-state index contributed by atoms with van der Waals surface area (Å²) in [7, 11) is 0. The van der Waals surface area contributed by atoms with Gasteiger partial charge in [-0.15, -0.1) is 0 Å². The molecule has 0 amide bonds. The van der Waals surface area contributed by atoms with Gasteiger partial charge in [-0.2, -0.15) is 18.3 Å². The van der Waals surface area contributed by atoms with Crippen molar-refractivity contribution in [2.45, 2.75) is 16.0 Å². The first-order valence-electron chi connectivity index (χ1n) is 6.69. The van der Waals surface area contributed by atoms with Crippen LogP contribution in [0.25, 0.3) is 11.3 Å². The summed E-state index contributed by atoms with van der Waals surface area (Å²) in [4.78, 5) is 1.35. The quantitative estimate of drug-likeness (QED) is 0.721. The SMILES string of the molecule is Nc1n[nH]c(-c2ccccc2)c1Sc1ccc(C(F)(F)F)cc1. The van der Waals surface area contributed by atoms with Crippen LogP contribution in [0.15, 0.2) is 64.4 Å². The topological polar surface area (TPSA) is 54.7 Å². The third kappa shape index (κ3) is 3.34. The Morgan fingerprint density at radius 1 is 0.957 bits per heavy atom. The largest absolute Gasteiger partial charge is 0.416 e. The van der Waals surface area contributed by atoms with Gasteiger partial charge in [0.25, 0.3) is 0 Å². The summed E-state index contributed by atoms with van der Waals surface area (Å²) in [5.41, 5.74) is 6.86. The van der Waals surface area contributed by atoms with Gasteiger partial charge < -0.3 is 5.73 Å². The summed E-state index contributed by atoms with van der Waals surface area (Å²) >= 11 is 1.28. The van der Waals surface area contributed by atoms with Gasteiger partial charge in [-0.3, -0.25) is 5.10 Å². The molecule has 3 N–H and O–H groups in total. The van der Waals surface area contributed by atoms with Gasteiger partial charge in [0, 0.05) is 10.5 Å². The second-order valence-electron chi connectivity index (χ2n) is 4.80. The Hall–Kier alpha value is -2.41. The average molecular weight is 335 g/mol. The lowest BCUT2D eigenvalue weighted by Gasteiger charge is -2.08. The Balaban J connectivity index is 1.91. The molecule has 118 valence electrons. The van der Waals surface area contributed by atoms with E-state index < -0.39 is 11.7 Å². The minimum Gasteiger partial charge on any atom is -0.381 e. The van der Waals surface area contributed by atoms with Gasteiger partial charge >= 0.3 is 6.18 Å². The molecule has 0 saturated heterocycles. The van der Waals surface area contributed by atoms with E-state index >= 15 is 0 Å². The van der Waals surface area contributed by atoms with Gasteiger partial charge in [0.1, 0.15) is 0 Å². The molecule has 23 heavy (non-hydrogen) atoms. The molecule has 1 aromatic heterocycles. The number of nitrogens with one attached hydrogen (secondary N) is 1. The first-order chi connectivity index (χ1) is 10.9. The van der Waals surface area contributed by atoms with E-state index in [-0.39, 0.29) is 0 Å². The van der Waals surface area contributed by atoms with Crippen molar-refractivity contribution in [3.8, 4) is 11.3 Å². The predicted octanol–water partition coefficient (Wildman–Crippen LogP) is 4.83. The van der Waals surface area contributed by atoms with Crippen LogP contribution in [0.4, 0.5) is 19.0 Å². The fraction of sp³-hybridized carbons (Fsp3) is 0.0625. The van der Waals surface area contributed by atoms with Crippen LogP contribution >= 0.6 is 11.8 Å². The summed E-state index contributed by atoms with van der Waals surface area (Å²) in [5.74, 6) is 0.314. The second-order valence-corrected chi connectivity index (χ2v) is 5.89. The lowest BCUT2D eigenvalue weighted by atomic mass is 10.1. The van der Waals surface area contributed by atoms with Crippen LogP contribution in [0.2, 0.25) is 0 Å². The van der Waals surface area contributed by atoms with Crippen molar-refractivity contribution in [1.29, 1.82) is 0 Å². The van der Waals surface area contributed by atoms with E-state index in [1.807, 2.05) is 30.3 Å². The molecule has 7 heteroatoms. The van der Waals surface area contributed by atoms with Crippen LogP contribution in [-0.4, -0.2) is 10.2 Å². The predicted molar refractivity (Wildman–Crippen MR) is 84.0 cm³/mol. The van der Waals surface area contributed by atoms with Gasteiger partial charge in [-0.1, -0.05) is 42.1 Å². The molecule has 0 bridgehead atoms. The van der Waals surface area contributed by atoms with Gasteiger partial charge in [0.05, 0.1) is 16.2 Å². The van der Waals surface area contributed by atoms with Crippen molar-refractivity contribution in [1.82, 2.24) is 10.2 Å². The molecule has 0 radical (unpaired) electrons. The van der Waals surface area contributed by atoms with Crippen LogP contribution in [0.5, 0.6) is 0 Å². The number of hydrogen-bond acceptors (Lipinski definition) is 3. The summed E-state index contributed by atoms with van der Waals surface area (Å²) in [6.45, 7) is 0. The van der Waals surface area contributed by atoms with E-state index in [0.717, 1.165) is 23.4 Å². The number of hydrogen-bond donors (Lipinski definition) is 2. The molecule has 0 spiro atoms. The Labute approximate surface area is 134 Å². The monoisotopic (exact) mass is 335 g/mol. The van der Waals surface area contributed by atoms with Crippen molar-refractivity contribution in [2.24, 2.45) is 0 Å². The highest BCUT2D eigenvalue weighted by molar-refractivity contribution is 7.99. The summed E-state index contributed by atoms with van der Waals surface area (Å²) in [5, 5.41) is 6.87. The molecule has 2 aromatic carbocycles. The molecule has 0 saturated carbocycles. The molecule has 0 unspecified atom stereocenters. The average Bonchev–Trinajstić information content (AvgIpc) is 2.89. The van der Waals surface area contributed by atoms with E-state index in [2.05, 4.69) is 10.2 Å². The summed E-state index contributed by atoms with van der Waals surface area (Å²) in [6, 6.07) is 14.4. The van der Waals surface area contributed by atoms with Gasteiger partial charge in [-0.05, 0) is 24.3 Å². The minimum atomic E-state index is -4.34. The first-order valence-corrected chi connectivity index (χ1v) is 7.51. The van der Waals surface area contributed by atoms with E-state index in [1.165, 1.54) is 23.9 Å². The highest BCUT2D eigenvalue weighted by atomic mass is 32.2. The fourth-order valence-corrected chi connectivity index (χ4v) is 3.00. The molecule has 3 nitrogen and oxygen atoms in total. The molecule has 3 rings (SSSR count). The lowest BCUT2D eigenvalue weighted by Crippen LogP contribution is -2.03. The van der Waals surface area contributed by atoms with E-state index in [1.54, 1.807) is 0 Å². The fourth-order valence-electron chi connectivity index (χ4n) is 2.08. The molecule has 0 aliphatic heterocycles. The van der Waals surface area contributed by atoms with Crippen molar-refractivity contribution in [3.63, 3.8) is 0 Å². The number of alkyl halides is 3. The van der Waals surface area contributed by atoms with Crippen molar-refractivity contribution in [3.05, 3.63) is 60.2 Å². The van der Waals surface area contributed by atoms with Crippen LogP contribution in [-0.2, 0) is 6.18 Å². The third-order valence-corrected chi connectivity index (χ3v) is 4.34. The Morgan fingerprint density at radius 3 is 2.22 bits per heavy atom. The highest BCUT2D eigenvalue weighted by Gasteiger charge is 2.30. The molecule has 3 aromatic rings. The maximum absolute atomic E-state index is 12.6. The van der Waals surface area contributed by atoms with Crippen molar-refractivity contribution in [2.75, 3.05) is 5.73 Å². The number of halogens is 3. The number of aromatic nitrogens is 2. The zero-order chi connectivity index (χ0) is 16.4. The number of rotatable bonds is 3. The zero-order valence-corrected chi connectivity index (χ0v) is 12.6. The summed E-state index contributed by atoms with van der Waals surface area (Å²) in [6.07, 6.45) is -4.34. The maximum Gasteiger partial charge on any atom is 0.416 e. The zero-order valence-electron chi connectivity index (χ0n) is 11.8. The Morgan fingerprint density at radius 2 is 1.61 bits per heavy atom. The molecule has 0 fully saturated rings. The van der Waals surface area contributed by atoms with E-state index in [0.29, 0.717) is 15.6 Å². The third-order valence-electron chi connectivity index (χ3n) is 3.21. The van der Waals surface area contributed by atoms with Crippen LogP contribution in [0.3, 0.4) is 0 Å². The number of H-pyrrole nitrogens is 1. The lowest BCUT2D eigenvalue weighted by molar-refractivity contribution is -0.137. The Bertz CT molecular complexity index is 796. The van der Waals surface area contributed by atoms with Gasteiger partial charge in [0.15, 0.2) is 5.82 Å². The van der Waals surface area contributed by atoms with Crippen LogP contribution in [0.1, 0.15) is 5.56 Å². The number of nitrogen functional groups attached to an aromatic ring is 1. The number of nitrogens with two attached hydrogens (primary N) is 1. The molecular weight excluding hydrogens is 323 g/mol. The van der Waals surface area contributed by atoms with Crippen LogP contribution in [0, 0.1) is 0 Å². The van der Waals surface area contributed by atoms with E-state index in [4.69, 9.17) is 5.73 Å². The molecule has 0 aliphatic rings. The number of anilines is 1. The normalized spacial score (nSPS) is 11.6. The number of aromatic amines is 1. The van der Waals surface area contributed by atoms with Crippen molar-refractivity contribution >= 4 is 17.6 Å². The van der Waals surface area contributed by atoms with Crippen molar-refractivity contribution < 1.29 is 13.2 Å². The summed E-state index contributed by atoms with van der Waals surface area (Å²) < 4.78 is 37.8. The molecule has 0 atom stereocenters. The van der Waals surface area contributed by atoms with Crippen LogP contribution < -0.4 is 5.73 Å². The molecule has 0 aliphatic carbocycles. The maximum atomic E-state index is 12.6. The first kappa shape index (κ1) is 15.5. The van der Waals surface area contributed by atoms with Gasteiger partial charge in [-0.25, -0.2) is 0 Å². The van der Waals surface area contributed by atoms with E-state index in [9.17, 15) is 13.2 Å². The highest BCUT2D eigenvalue weighted by Crippen LogP contribution is 2.39. The number of nitrogens with zero attached hydrogens (tertiary/aromatic N) is 1. The standard InChI is InChI=1S/C16H12F3N3S/c17-16(18,19)11-6-8-12(9-7-11)23-14-13(21-22-15(14)20)10-4-2-1-3-5-10/h1-9H,(H3,20,21,22).